The fourth-order valence-corrected chi connectivity index (χ4v) is 3.79. The Balaban J connectivity index is 1.68. The van der Waals surface area contributed by atoms with E-state index in [0.717, 1.165) is 0 Å². The normalized spacial score (nSPS) is 24.1. The average molecular weight is 333 g/mol. The van der Waals surface area contributed by atoms with Crippen LogP contribution in [-0.4, -0.2) is 45.0 Å². The monoisotopic (exact) mass is 333 g/mol. The third kappa shape index (κ3) is 2.71. The lowest BCUT2D eigenvalue weighted by molar-refractivity contribution is -0.150. The van der Waals surface area contributed by atoms with Gasteiger partial charge in [-0.25, -0.2) is 4.79 Å². The second kappa shape index (κ2) is 6.05. The Labute approximate surface area is 136 Å². The van der Waals surface area contributed by atoms with Gasteiger partial charge in [-0.3, -0.25) is 14.5 Å². The Morgan fingerprint density at radius 2 is 2.04 bits per heavy atom. The highest BCUT2D eigenvalue weighted by Crippen LogP contribution is 2.37. The van der Waals surface area contributed by atoms with E-state index in [4.69, 9.17) is 10.8 Å². The van der Waals surface area contributed by atoms with E-state index in [2.05, 4.69) is 5.32 Å². The van der Waals surface area contributed by atoms with Crippen molar-refractivity contribution in [3.8, 4) is 0 Å². The van der Waals surface area contributed by atoms with E-state index in [1.807, 2.05) is 6.07 Å². The van der Waals surface area contributed by atoms with Crippen molar-refractivity contribution in [2.75, 3.05) is 5.75 Å². The molecule has 3 atom stereocenters. The van der Waals surface area contributed by atoms with Crippen molar-refractivity contribution in [3.63, 3.8) is 0 Å². The van der Waals surface area contributed by atoms with Gasteiger partial charge in [-0.15, -0.1) is 11.8 Å². The molecule has 3 rings (SSSR count). The van der Waals surface area contributed by atoms with Gasteiger partial charge >= 0.3 is 5.97 Å². The highest BCUT2D eigenvalue weighted by atomic mass is 32.2. The highest BCUT2D eigenvalue weighted by Gasteiger charge is 2.52. The SMILES string of the molecule is N[C@H](C(=O)NC1C(=O)N2C(C(=O)O)=CCS[C@@H]12)c1ccccc1. The standard InChI is InChI=1S/C15H15N3O4S/c16-10(8-4-2-1-3-5-8)12(19)17-11-13(20)18-9(15(21)22)6-7-23-14(11)18/h1-6,10-11,14H,7,16H2,(H,17,19)(H,21,22)/t10-,11?,14-/m0/s1. The molecule has 1 fully saturated rings. The lowest BCUT2D eigenvalue weighted by atomic mass is 10.0. The number of β-lactam (4-membered cyclic amide) rings is 1. The second-order valence-electron chi connectivity index (χ2n) is 5.20. The van der Waals surface area contributed by atoms with Crippen LogP contribution < -0.4 is 11.1 Å². The fraction of sp³-hybridized carbons (Fsp3) is 0.267. The van der Waals surface area contributed by atoms with Gasteiger partial charge in [0.25, 0.3) is 5.91 Å². The minimum atomic E-state index is -1.14. The third-order valence-corrected chi connectivity index (χ3v) is 4.99. The predicted molar refractivity (Wildman–Crippen MR) is 84.1 cm³/mol. The molecule has 2 aliphatic heterocycles. The molecule has 0 aliphatic carbocycles. The van der Waals surface area contributed by atoms with Gasteiger partial charge in [0.1, 0.15) is 23.2 Å². The maximum atomic E-state index is 12.2. The van der Waals surface area contributed by atoms with E-state index < -0.39 is 35.2 Å². The first-order valence-corrected chi connectivity index (χ1v) is 8.04. The summed E-state index contributed by atoms with van der Waals surface area (Å²) < 4.78 is 0. The summed E-state index contributed by atoms with van der Waals surface area (Å²) in [6, 6.07) is 7.23. The molecule has 0 radical (unpaired) electrons. The van der Waals surface area contributed by atoms with E-state index >= 15 is 0 Å². The van der Waals surface area contributed by atoms with Gasteiger partial charge in [0.05, 0.1) is 0 Å². The summed E-state index contributed by atoms with van der Waals surface area (Å²) in [5.74, 6) is -1.55. The zero-order valence-corrected chi connectivity index (χ0v) is 12.8. The molecule has 2 heterocycles. The van der Waals surface area contributed by atoms with Crippen LogP contribution >= 0.6 is 11.8 Å². The van der Waals surface area contributed by atoms with Crippen LogP contribution in [0.4, 0.5) is 0 Å². The van der Waals surface area contributed by atoms with Crippen molar-refractivity contribution in [1.82, 2.24) is 10.2 Å². The van der Waals surface area contributed by atoms with Crippen molar-refractivity contribution in [1.29, 1.82) is 0 Å². The van der Waals surface area contributed by atoms with Crippen LogP contribution in [0.1, 0.15) is 11.6 Å². The van der Waals surface area contributed by atoms with Crippen LogP contribution in [-0.2, 0) is 14.4 Å². The zero-order chi connectivity index (χ0) is 16.6. The van der Waals surface area contributed by atoms with Crippen LogP contribution in [0.2, 0.25) is 0 Å². The Hall–Kier alpha value is -2.32. The number of nitrogens with one attached hydrogen (secondary N) is 1. The number of rotatable bonds is 4. The first-order chi connectivity index (χ1) is 11.0. The molecule has 1 unspecified atom stereocenters. The van der Waals surface area contributed by atoms with E-state index in [9.17, 15) is 14.4 Å². The van der Waals surface area contributed by atoms with E-state index in [-0.39, 0.29) is 5.70 Å². The fourth-order valence-electron chi connectivity index (χ4n) is 2.59. The van der Waals surface area contributed by atoms with Crippen molar-refractivity contribution in [2.24, 2.45) is 5.73 Å². The van der Waals surface area contributed by atoms with E-state index in [0.29, 0.717) is 11.3 Å². The summed E-state index contributed by atoms with van der Waals surface area (Å²) in [7, 11) is 0. The Kier molecular flexibility index (Phi) is 4.10. The number of carboxylic acid groups (broad SMARTS) is 1. The molecule has 1 saturated heterocycles. The van der Waals surface area contributed by atoms with Crippen LogP contribution in [0.5, 0.6) is 0 Å². The van der Waals surface area contributed by atoms with Gasteiger partial charge < -0.3 is 16.2 Å². The Morgan fingerprint density at radius 3 is 2.70 bits per heavy atom. The minimum absolute atomic E-state index is 0.0309. The molecular formula is C15H15N3O4S. The lowest BCUT2D eigenvalue weighted by Crippen LogP contribution is -2.70. The first-order valence-electron chi connectivity index (χ1n) is 6.99. The summed E-state index contributed by atoms with van der Waals surface area (Å²) >= 11 is 1.41. The number of hydrogen-bond acceptors (Lipinski definition) is 5. The number of carboxylic acids is 1. The largest absolute Gasteiger partial charge is 0.477 e. The first kappa shape index (κ1) is 15.6. The van der Waals surface area contributed by atoms with Gasteiger partial charge in [0.2, 0.25) is 5.91 Å². The number of fused-ring (bicyclic) bond motifs is 1. The van der Waals surface area contributed by atoms with Crippen LogP contribution in [0.25, 0.3) is 0 Å². The number of benzene rings is 1. The summed E-state index contributed by atoms with van der Waals surface area (Å²) in [6.07, 6.45) is 1.50. The zero-order valence-electron chi connectivity index (χ0n) is 12.0. The summed E-state index contributed by atoms with van der Waals surface area (Å²) in [5, 5.41) is 11.3. The molecule has 7 nitrogen and oxygen atoms in total. The topological polar surface area (TPSA) is 113 Å². The molecule has 0 bridgehead atoms. The number of carbonyl (C=O) groups excluding carboxylic acids is 2. The molecule has 0 aromatic heterocycles. The molecule has 23 heavy (non-hydrogen) atoms. The van der Waals surface area contributed by atoms with Crippen molar-refractivity contribution >= 4 is 29.5 Å². The smallest absolute Gasteiger partial charge is 0.352 e. The molecule has 0 saturated carbocycles. The molecule has 4 N–H and O–H groups in total. The van der Waals surface area contributed by atoms with Crippen molar-refractivity contribution in [2.45, 2.75) is 17.5 Å². The molecule has 2 aliphatic rings. The lowest BCUT2D eigenvalue weighted by Gasteiger charge is -2.48. The number of thioether (sulfide) groups is 1. The minimum Gasteiger partial charge on any atom is -0.477 e. The number of carbonyl (C=O) groups is 3. The van der Waals surface area contributed by atoms with Crippen LogP contribution in [0, 0.1) is 0 Å². The quantitative estimate of drug-likeness (QED) is 0.671. The third-order valence-electron chi connectivity index (χ3n) is 3.80. The molecule has 0 spiro atoms. The molecule has 1 aromatic rings. The molecule has 2 amide bonds. The molecular weight excluding hydrogens is 318 g/mol. The average Bonchev–Trinajstić information content (AvgIpc) is 2.58. The molecule has 1 aromatic carbocycles. The van der Waals surface area contributed by atoms with Gasteiger partial charge in [0, 0.05) is 5.75 Å². The molecule has 120 valence electrons. The molecule has 8 heteroatoms. The van der Waals surface area contributed by atoms with Crippen molar-refractivity contribution in [3.05, 3.63) is 47.7 Å². The number of aliphatic carboxylic acids is 1. The predicted octanol–water partition coefficient (Wildman–Crippen LogP) is 0.0548. The van der Waals surface area contributed by atoms with Gasteiger partial charge in [0.15, 0.2) is 0 Å². The van der Waals surface area contributed by atoms with Crippen LogP contribution in [0.15, 0.2) is 42.1 Å². The summed E-state index contributed by atoms with van der Waals surface area (Å²) in [5.41, 5.74) is 6.52. The highest BCUT2D eigenvalue weighted by molar-refractivity contribution is 8.00. The van der Waals surface area contributed by atoms with E-state index in [1.165, 1.54) is 22.7 Å². The van der Waals surface area contributed by atoms with Crippen molar-refractivity contribution < 1.29 is 19.5 Å². The maximum Gasteiger partial charge on any atom is 0.352 e. The number of amides is 2. The Bertz CT molecular complexity index is 691. The number of nitrogens with two attached hydrogens (primary N) is 1. The Morgan fingerprint density at radius 1 is 1.35 bits per heavy atom. The van der Waals surface area contributed by atoms with E-state index in [1.54, 1.807) is 24.3 Å². The van der Waals surface area contributed by atoms with Gasteiger partial charge in [-0.1, -0.05) is 30.3 Å². The number of hydrogen-bond donors (Lipinski definition) is 3. The number of nitrogens with zero attached hydrogens (tertiary/aromatic N) is 1. The van der Waals surface area contributed by atoms with Gasteiger partial charge in [-0.05, 0) is 11.6 Å². The second-order valence-corrected chi connectivity index (χ2v) is 6.35. The summed E-state index contributed by atoms with van der Waals surface area (Å²) in [4.78, 5) is 36.7. The van der Waals surface area contributed by atoms with Crippen LogP contribution in [0.3, 0.4) is 0 Å². The summed E-state index contributed by atoms with van der Waals surface area (Å²) in [6.45, 7) is 0. The maximum absolute atomic E-state index is 12.2. The van der Waals surface area contributed by atoms with Gasteiger partial charge in [-0.2, -0.15) is 0 Å².